The summed E-state index contributed by atoms with van der Waals surface area (Å²) in [5.74, 6) is -0.912. The van der Waals surface area contributed by atoms with E-state index in [0.717, 1.165) is 0 Å². The van der Waals surface area contributed by atoms with Crippen molar-refractivity contribution in [3.8, 4) is 0 Å². The third kappa shape index (κ3) is 4.20. The van der Waals surface area contributed by atoms with Gasteiger partial charge in [-0.25, -0.2) is 8.42 Å². The Morgan fingerprint density at radius 3 is 2.53 bits per heavy atom. The first-order valence-corrected chi connectivity index (χ1v) is 11.1. The highest BCUT2D eigenvalue weighted by Crippen LogP contribution is 2.28. The van der Waals surface area contributed by atoms with Crippen LogP contribution in [0.3, 0.4) is 0 Å². The molecule has 2 amide bonds. The molecule has 158 valence electrons. The number of morpholine rings is 1. The third-order valence-corrected chi connectivity index (χ3v) is 7.09. The monoisotopic (exact) mass is 430 g/mol. The van der Waals surface area contributed by atoms with Gasteiger partial charge in [0.05, 0.1) is 35.9 Å². The molecule has 2 aliphatic heterocycles. The van der Waals surface area contributed by atoms with E-state index in [9.17, 15) is 18.0 Å². The molecule has 3 heterocycles. The van der Waals surface area contributed by atoms with Gasteiger partial charge in [-0.15, -0.1) is 0 Å². The van der Waals surface area contributed by atoms with Crippen LogP contribution in [0.25, 0.3) is 0 Å². The van der Waals surface area contributed by atoms with Gasteiger partial charge in [0.1, 0.15) is 0 Å². The zero-order valence-electron chi connectivity index (χ0n) is 16.2. The molecule has 0 aliphatic carbocycles. The van der Waals surface area contributed by atoms with E-state index >= 15 is 0 Å². The maximum atomic E-state index is 12.7. The maximum absolute atomic E-state index is 12.7. The lowest BCUT2D eigenvalue weighted by Gasteiger charge is -2.26. The van der Waals surface area contributed by atoms with Crippen LogP contribution in [0, 0.1) is 5.92 Å². The molecule has 2 saturated heterocycles. The van der Waals surface area contributed by atoms with Crippen molar-refractivity contribution in [1.29, 1.82) is 0 Å². The normalized spacial score (nSPS) is 20.3. The number of aromatic nitrogens is 1. The number of sulfonamides is 1. The van der Waals surface area contributed by atoms with E-state index in [1.54, 1.807) is 36.7 Å². The van der Waals surface area contributed by atoms with E-state index in [-0.39, 0.29) is 29.7 Å². The van der Waals surface area contributed by atoms with Crippen molar-refractivity contribution in [3.05, 3.63) is 48.8 Å². The van der Waals surface area contributed by atoms with Gasteiger partial charge in [-0.3, -0.25) is 14.6 Å². The van der Waals surface area contributed by atoms with Crippen molar-refractivity contribution in [2.75, 3.05) is 43.1 Å². The first-order valence-electron chi connectivity index (χ1n) is 9.64. The Kier molecular flexibility index (Phi) is 5.80. The SMILES string of the molecule is O=C(Nc1cccnc1)C1CC(=O)N(c2ccc(S(=O)(=O)N3CCOCC3)cc2)C1. The van der Waals surface area contributed by atoms with Crippen molar-refractivity contribution in [2.24, 2.45) is 5.92 Å². The van der Waals surface area contributed by atoms with Gasteiger partial charge in [0, 0.05) is 37.9 Å². The number of hydrogen-bond donors (Lipinski definition) is 1. The lowest BCUT2D eigenvalue weighted by Crippen LogP contribution is -2.40. The standard InChI is InChI=1S/C20H22N4O5S/c25-19-12-15(20(26)22-16-2-1-7-21-13-16)14-24(19)17-3-5-18(6-4-17)30(27,28)23-8-10-29-11-9-23/h1-7,13,15H,8-12,14H2,(H,22,26). The van der Waals surface area contributed by atoms with Crippen molar-refractivity contribution < 1.29 is 22.7 Å². The molecule has 1 atom stereocenters. The molecule has 30 heavy (non-hydrogen) atoms. The fraction of sp³-hybridized carbons (Fsp3) is 0.350. The molecule has 2 aliphatic rings. The fourth-order valence-corrected chi connectivity index (χ4v) is 4.96. The van der Waals surface area contributed by atoms with Crippen LogP contribution in [0.4, 0.5) is 11.4 Å². The lowest BCUT2D eigenvalue weighted by atomic mass is 10.1. The zero-order valence-corrected chi connectivity index (χ0v) is 17.0. The summed E-state index contributed by atoms with van der Waals surface area (Å²) in [6.45, 7) is 1.63. The first kappa shape index (κ1) is 20.5. The summed E-state index contributed by atoms with van der Waals surface area (Å²) in [5.41, 5.74) is 1.14. The molecule has 0 spiro atoms. The predicted molar refractivity (Wildman–Crippen MR) is 109 cm³/mol. The van der Waals surface area contributed by atoms with E-state index in [1.807, 2.05) is 0 Å². The molecule has 1 aromatic carbocycles. The summed E-state index contributed by atoms with van der Waals surface area (Å²) >= 11 is 0. The number of carbonyl (C=O) groups excluding carboxylic acids is 2. The summed E-state index contributed by atoms with van der Waals surface area (Å²) in [5, 5.41) is 2.77. The molecule has 2 fully saturated rings. The van der Waals surface area contributed by atoms with Crippen LogP contribution in [-0.2, 0) is 24.3 Å². The van der Waals surface area contributed by atoms with Gasteiger partial charge < -0.3 is 15.0 Å². The largest absolute Gasteiger partial charge is 0.379 e. The average Bonchev–Trinajstić information content (AvgIpc) is 3.17. The molecule has 1 unspecified atom stereocenters. The summed E-state index contributed by atoms with van der Waals surface area (Å²) in [4.78, 5) is 30.6. The van der Waals surface area contributed by atoms with Crippen molar-refractivity contribution in [1.82, 2.24) is 9.29 Å². The summed E-state index contributed by atoms with van der Waals surface area (Å²) in [6, 6.07) is 9.65. The molecule has 0 saturated carbocycles. The van der Waals surface area contributed by atoms with Gasteiger partial charge in [0.25, 0.3) is 0 Å². The van der Waals surface area contributed by atoms with Crippen LogP contribution in [0.15, 0.2) is 53.7 Å². The van der Waals surface area contributed by atoms with E-state index in [1.165, 1.54) is 21.3 Å². The number of hydrogen-bond acceptors (Lipinski definition) is 6. The van der Waals surface area contributed by atoms with Crippen LogP contribution in [0.5, 0.6) is 0 Å². The number of ether oxygens (including phenoxy) is 1. The lowest BCUT2D eigenvalue weighted by molar-refractivity contribution is -0.122. The van der Waals surface area contributed by atoms with Gasteiger partial charge in [-0.2, -0.15) is 4.31 Å². The van der Waals surface area contributed by atoms with Gasteiger partial charge in [-0.05, 0) is 36.4 Å². The maximum Gasteiger partial charge on any atom is 0.243 e. The number of anilines is 2. The van der Waals surface area contributed by atoms with Gasteiger partial charge >= 0.3 is 0 Å². The molecule has 9 nitrogen and oxygen atoms in total. The average molecular weight is 430 g/mol. The second kappa shape index (κ2) is 8.50. The number of rotatable bonds is 5. The van der Waals surface area contributed by atoms with Crippen LogP contribution < -0.4 is 10.2 Å². The Bertz CT molecular complexity index is 1020. The number of carbonyl (C=O) groups is 2. The van der Waals surface area contributed by atoms with Crippen molar-refractivity contribution in [3.63, 3.8) is 0 Å². The highest BCUT2D eigenvalue weighted by atomic mass is 32.2. The van der Waals surface area contributed by atoms with E-state index in [2.05, 4.69) is 10.3 Å². The minimum absolute atomic E-state index is 0.0971. The van der Waals surface area contributed by atoms with Crippen molar-refractivity contribution in [2.45, 2.75) is 11.3 Å². The number of benzene rings is 1. The van der Waals surface area contributed by atoms with Crippen LogP contribution in [0.1, 0.15) is 6.42 Å². The molecule has 4 rings (SSSR count). The quantitative estimate of drug-likeness (QED) is 0.761. The summed E-state index contributed by atoms with van der Waals surface area (Å²) in [7, 11) is -3.59. The number of nitrogens with one attached hydrogen (secondary N) is 1. The number of pyridine rings is 1. The number of amides is 2. The molecular weight excluding hydrogens is 408 g/mol. The molecule has 2 aromatic rings. The highest BCUT2D eigenvalue weighted by Gasteiger charge is 2.35. The molecule has 0 radical (unpaired) electrons. The van der Waals surface area contributed by atoms with Gasteiger partial charge in [0.15, 0.2) is 0 Å². The van der Waals surface area contributed by atoms with Crippen molar-refractivity contribution >= 4 is 33.2 Å². The molecule has 0 bridgehead atoms. The Morgan fingerprint density at radius 2 is 1.87 bits per heavy atom. The van der Waals surface area contributed by atoms with E-state index in [0.29, 0.717) is 37.7 Å². The smallest absolute Gasteiger partial charge is 0.243 e. The topological polar surface area (TPSA) is 109 Å². The fourth-order valence-electron chi connectivity index (χ4n) is 3.55. The van der Waals surface area contributed by atoms with E-state index < -0.39 is 15.9 Å². The summed E-state index contributed by atoms with van der Waals surface area (Å²) < 4.78 is 32.1. The van der Waals surface area contributed by atoms with E-state index in [4.69, 9.17) is 4.74 Å². The number of nitrogens with zero attached hydrogens (tertiary/aromatic N) is 3. The van der Waals surface area contributed by atoms with Gasteiger partial charge in [-0.1, -0.05) is 0 Å². The zero-order chi connectivity index (χ0) is 21.1. The second-order valence-electron chi connectivity index (χ2n) is 7.15. The predicted octanol–water partition coefficient (Wildman–Crippen LogP) is 1.09. The van der Waals surface area contributed by atoms with Crippen LogP contribution in [-0.4, -0.2) is 62.4 Å². The Labute approximate surface area is 174 Å². The molecular formula is C20H22N4O5S. The van der Waals surface area contributed by atoms with Crippen LogP contribution >= 0.6 is 0 Å². The Hall–Kier alpha value is -2.82. The first-order chi connectivity index (χ1) is 14.4. The molecule has 1 N–H and O–H groups in total. The molecule has 1 aromatic heterocycles. The van der Waals surface area contributed by atoms with Gasteiger partial charge in [0.2, 0.25) is 21.8 Å². The van der Waals surface area contributed by atoms with Crippen LogP contribution in [0.2, 0.25) is 0 Å². The second-order valence-corrected chi connectivity index (χ2v) is 9.08. The minimum atomic E-state index is -3.59. The Morgan fingerprint density at radius 1 is 1.13 bits per heavy atom. The Balaban J connectivity index is 1.44. The molecule has 10 heteroatoms. The summed E-state index contributed by atoms with van der Waals surface area (Å²) in [6.07, 6.45) is 3.25. The minimum Gasteiger partial charge on any atom is -0.379 e. The third-order valence-electron chi connectivity index (χ3n) is 5.18. The highest BCUT2D eigenvalue weighted by molar-refractivity contribution is 7.89.